The van der Waals surface area contributed by atoms with Crippen molar-refractivity contribution in [2.45, 2.75) is 46.2 Å². The van der Waals surface area contributed by atoms with Crippen molar-refractivity contribution >= 4 is 5.91 Å². The van der Waals surface area contributed by atoms with E-state index in [0.717, 1.165) is 19.4 Å². The van der Waals surface area contributed by atoms with Crippen LogP contribution in [-0.4, -0.2) is 25.1 Å². The summed E-state index contributed by atoms with van der Waals surface area (Å²) in [5.41, 5.74) is 0.714. The molecule has 0 heterocycles. The van der Waals surface area contributed by atoms with Gasteiger partial charge >= 0.3 is 0 Å². The molecule has 21 heavy (non-hydrogen) atoms. The molecule has 0 saturated carbocycles. The highest BCUT2D eigenvalue weighted by Gasteiger charge is 2.12. The van der Waals surface area contributed by atoms with Crippen molar-refractivity contribution in [3.05, 3.63) is 29.6 Å². The maximum Gasteiger partial charge on any atom is 0.258 e. The quantitative estimate of drug-likeness (QED) is 0.736. The molecule has 5 heteroatoms. The van der Waals surface area contributed by atoms with Gasteiger partial charge < -0.3 is 15.4 Å². The average Bonchev–Trinajstić information content (AvgIpc) is 2.44. The Morgan fingerprint density at radius 3 is 2.81 bits per heavy atom. The topological polar surface area (TPSA) is 50.4 Å². The third kappa shape index (κ3) is 6.12. The molecule has 1 aromatic rings. The van der Waals surface area contributed by atoms with Crippen molar-refractivity contribution in [3.63, 3.8) is 0 Å². The first-order valence-corrected chi connectivity index (χ1v) is 7.48. The summed E-state index contributed by atoms with van der Waals surface area (Å²) in [4.78, 5) is 11.8. The van der Waals surface area contributed by atoms with Gasteiger partial charge in [-0.15, -0.1) is 0 Å². The first-order valence-electron chi connectivity index (χ1n) is 7.48. The lowest BCUT2D eigenvalue weighted by molar-refractivity contribution is -0.123. The molecule has 0 spiro atoms. The Labute approximate surface area is 126 Å². The van der Waals surface area contributed by atoms with Gasteiger partial charge in [-0.1, -0.05) is 32.4 Å². The van der Waals surface area contributed by atoms with E-state index in [9.17, 15) is 9.18 Å². The number of hydrogen-bond donors (Lipinski definition) is 2. The van der Waals surface area contributed by atoms with Gasteiger partial charge in [-0.3, -0.25) is 4.79 Å². The maximum absolute atomic E-state index is 13.8. The maximum atomic E-state index is 13.8. The fourth-order valence-corrected chi connectivity index (χ4v) is 2.07. The number of ether oxygens (including phenoxy) is 1. The standard InChI is InChI=1S/C16H25FN2O2/c1-4-7-12(3)19-15(20)11-21-16-13(10-18-5-2)8-6-9-14(16)17/h6,8-9,12,18H,4-5,7,10-11H2,1-3H3,(H,19,20). The highest BCUT2D eigenvalue weighted by Crippen LogP contribution is 2.22. The van der Waals surface area contributed by atoms with E-state index in [1.807, 2.05) is 13.8 Å². The minimum atomic E-state index is -0.445. The van der Waals surface area contributed by atoms with Crippen molar-refractivity contribution in [2.24, 2.45) is 0 Å². The van der Waals surface area contributed by atoms with Crippen LogP contribution in [0.25, 0.3) is 0 Å². The Hall–Kier alpha value is -1.62. The second-order valence-corrected chi connectivity index (χ2v) is 5.05. The number of para-hydroxylation sites is 1. The van der Waals surface area contributed by atoms with Crippen LogP contribution in [-0.2, 0) is 11.3 Å². The van der Waals surface area contributed by atoms with Gasteiger partial charge in [0.05, 0.1) is 0 Å². The van der Waals surface area contributed by atoms with Crippen LogP contribution in [0.3, 0.4) is 0 Å². The minimum Gasteiger partial charge on any atom is -0.480 e. The van der Waals surface area contributed by atoms with E-state index in [-0.39, 0.29) is 24.3 Å². The number of rotatable bonds is 9. The number of nitrogens with one attached hydrogen (secondary N) is 2. The summed E-state index contributed by atoms with van der Waals surface area (Å²) in [6.45, 7) is 7.10. The second-order valence-electron chi connectivity index (χ2n) is 5.05. The van der Waals surface area contributed by atoms with Crippen molar-refractivity contribution in [2.75, 3.05) is 13.2 Å². The van der Waals surface area contributed by atoms with Crippen molar-refractivity contribution in [1.29, 1.82) is 0 Å². The predicted molar refractivity (Wildman–Crippen MR) is 81.8 cm³/mol. The zero-order valence-electron chi connectivity index (χ0n) is 13.0. The summed E-state index contributed by atoms with van der Waals surface area (Å²) in [7, 11) is 0. The van der Waals surface area contributed by atoms with Gasteiger partial charge in [0, 0.05) is 18.2 Å². The second kappa shape index (κ2) is 9.34. The molecule has 0 aliphatic rings. The number of hydrogen-bond acceptors (Lipinski definition) is 3. The molecular formula is C16H25FN2O2. The third-order valence-electron chi connectivity index (χ3n) is 3.09. The van der Waals surface area contributed by atoms with Gasteiger partial charge in [0.15, 0.2) is 18.2 Å². The van der Waals surface area contributed by atoms with Gasteiger partial charge in [-0.05, 0) is 26.0 Å². The van der Waals surface area contributed by atoms with Crippen LogP contribution in [0.2, 0.25) is 0 Å². The monoisotopic (exact) mass is 296 g/mol. The number of carbonyl (C=O) groups excluding carboxylic acids is 1. The highest BCUT2D eigenvalue weighted by atomic mass is 19.1. The predicted octanol–water partition coefficient (Wildman–Crippen LogP) is 2.62. The lowest BCUT2D eigenvalue weighted by atomic mass is 10.2. The summed E-state index contributed by atoms with van der Waals surface area (Å²) in [6.07, 6.45) is 1.92. The molecule has 0 fully saturated rings. The third-order valence-corrected chi connectivity index (χ3v) is 3.09. The molecule has 0 aliphatic heterocycles. The number of amides is 1. The summed E-state index contributed by atoms with van der Waals surface area (Å²) < 4.78 is 19.2. The molecule has 1 aromatic carbocycles. The zero-order chi connectivity index (χ0) is 15.7. The smallest absolute Gasteiger partial charge is 0.258 e. The van der Waals surface area contributed by atoms with Crippen molar-refractivity contribution < 1.29 is 13.9 Å². The Balaban J connectivity index is 2.59. The normalized spacial score (nSPS) is 12.0. The number of benzene rings is 1. The molecule has 0 saturated heterocycles. The first kappa shape index (κ1) is 17.4. The summed E-state index contributed by atoms with van der Waals surface area (Å²) in [5.74, 6) is -0.523. The van der Waals surface area contributed by atoms with Crippen molar-refractivity contribution in [1.82, 2.24) is 10.6 Å². The molecule has 1 amide bonds. The van der Waals surface area contributed by atoms with E-state index in [2.05, 4.69) is 17.6 Å². The molecule has 1 atom stereocenters. The van der Waals surface area contributed by atoms with Crippen LogP contribution in [0.1, 0.15) is 39.2 Å². The van der Waals surface area contributed by atoms with E-state index < -0.39 is 5.82 Å². The van der Waals surface area contributed by atoms with Crippen LogP contribution < -0.4 is 15.4 Å². The molecule has 2 N–H and O–H groups in total. The van der Waals surface area contributed by atoms with Crippen LogP contribution in [0.15, 0.2) is 18.2 Å². The van der Waals surface area contributed by atoms with Gasteiger partial charge in [0.1, 0.15) is 0 Å². The van der Waals surface area contributed by atoms with Gasteiger partial charge in [-0.2, -0.15) is 0 Å². The van der Waals surface area contributed by atoms with Crippen LogP contribution in [0, 0.1) is 5.82 Å². The highest BCUT2D eigenvalue weighted by molar-refractivity contribution is 5.77. The van der Waals surface area contributed by atoms with Crippen LogP contribution in [0.5, 0.6) is 5.75 Å². The molecule has 4 nitrogen and oxygen atoms in total. The molecule has 0 radical (unpaired) electrons. The summed E-state index contributed by atoms with van der Waals surface area (Å²) in [5, 5.41) is 5.95. The largest absolute Gasteiger partial charge is 0.480 e. The zero-order valence-corrected chi connectivity index (χ0v) is 13.0. The lowest BCUT2D eigenvalue weighted by Gasteiger charge is -2.15. The molecule has 1 rings (SSSR count). The van der Waals surface area contributed by atoms with E-state index in [4.69, 9.17) is 4.74 Å². The summed E-state index contributed by atoms with van der Waals surface area (Å²) >= 11 is 0. The average molecular weight is 296 g/mol. The molecule has 118 valence electrons. The van der Waals surface area contributed by atoms with Crippen LogP contribution >= 0.6 is 0 Å². The Morgan fingerprint density at radius 1 is 1.38 bits per heavy atom. The first-order chi connectivity index (χ1) is 10.1. The van der Waals surface area contributed by atoms with E-state index >= 15 is 0 Å². The van der Waals surface area contributed by atoms with E-state index in [0.29, 0.717) is 12.1 Å². The Morgan fingerprint density at radius 2 is 2.14 bits per heavy atom. The van der Waals surface area contributed by atoms with Gasteiger partial charge in [0.2, 0.25) is 0 Å². The lowest BCUT2D eigenvalue weighted by Crippen LogP contribution is -2.36. The van der Waals surface area contributed by atoms with E-state index in [1.54, 1.807) is 12.1 Å². The van der Waals surface area contributed by atoms with Crippen molar-refractivity contribution in [3.8, 4) is 5.75 Å². The molecular weight excluding hydrogens is 271 g/mol. The Kier molecular flexibility index (Phi) is 7.75. The van der Waals surface area contributed by atoms with Gasteiger partial charge in [0.25, 0.3) is 5.91 Å². The SMILES string of the molecule is CCCC(C)NC(=O)COc1c(F)cccc1CNCC. The van der Waals surface area contributed by atoms with Crippen LogP contribution in [0.4, 0.5) is 4.39 Å². The fraction of sp³-hybridized carbons (Fsp3) is 0.562. The number of halogens is 1. The van der Waals surface area contributed by atoms with E-state index in [1.165, 1.54) is 6.07 Å². The minimum absolute atomic E-state index is 0.105. The number of carbonyl (C=O) groups is 1. The summed E-state index contributed by atoms with van der Waals surface area (Å²) in [6, 6.07) is 4.87. The Bertz CT molecular complexity index is 452. The molecule has 0 aliphatic carbocycles. The fourth-order valence-electron chi connectivity index (χ4n) is 2.07. The van der Waals surface area contributed by atoms with Gasteiger partial charge in [-0.25, -0.2) is 4.39 Å². The molecule has 1 unspecified atom stereocenters. The molecule has 0 bridgehead atoms. The molecule has 0 aromatic heterocycles.